The fraction of sp³-hybridized carbons (Fsp3) is 0.412. The fourth-order valence-electron chi connectivity index (χ4n) is 6.62. The molecule has 0 saturated heterocycles. The summed E-state index contributed by atoms with van der Waals surface area (Å²) in [6.45, 7) is 7.33. The van der Waals surface area contributed by atoms with Gasteiger partial charge in [-0.3, -0.25) is 9.59 Å². The monoisotopic (exact) mass is 525 g/mol. The number of carbonyl (C=O) groups is 2. The molecule has 5 rings (SSSR count). The SMILES string of the molecule is CC(C)(C)c1ccc(COc2ccc(C3(c4ccc(C(=O)NCCC(=O)O)cc4)CC4CCC3C4)cc2)cc1. The number of hydrogen-bond acceptors (Lipinski definition) is 3. The van der Waals surface area contributed by atoms with E-state index in [0.29, 0.717) is 18.1 Å². The number of ether oxygens (including phenoxy) is 1. The Labute approximate surface area is 231 Å². The molecule has 0 aromatic heterocycles. The summed E-state index contributed by atoms with van der Waals surface area (Å²) in [4.78, 5) is 23.2. The van der Waals surface area contributed by atoms with E-state index < -0.39 is 5.97 Å². The summed E-state index contributed by atoms with van der Waals surface area (Å²) in [5.41, 5.74) is 5.69. The lowest BCUT2D eigenvalue weighted by atomic mass is 9.64. The van der Waals surface area contributed by atoms with E-state index in [0.717, 1.165) is 23.7 Å². The third-order valence-electron chi connectivity index (χ3n) is 8.73. The van der Waals surface area contributed by atoms with E-state index in [9.17, 15) is 9.59 Å². The van der Waals surface area contributed by atoms with Crippen LogP contribution in [0.25, 0.3) is 0 Å². The van der Waals surface area contributed by atoms with Crippen molar-refractivity contribution in [1.29, 1.82) is 0 Å². The van der Waals surface area contributed by atoms with Crippen LogP contribution in [0.3, 0.4) is 0 Å². The van der Waals surface area contributed by atoms with Gasteiger partial charge < -0.3 is 15.2 Å². The molecule has 2 bridgehead atoms. The first-order chi connectivity index (χ1) is 18.6. The van der Waals surface area contributed by atoms with Crippen LogP contribution < -0.4 is 10.1 Å². The Hall–Kier alpha value is -3.60. The van der Waals surface area contributed by atoms with Gasteiger partial charge in [0.2, 0.25) is 0 Å². The summed E-state index contributed by atoms with van der Waals surface area (Å²) in [6.07, 6.45) is 4.82. The van der Waals surface area contributed by atoms with E-state index in [2.05, 4.69) is 86.8 Å². The molecular weight excluding hydrogens is 486 g/mol. The Bertz CT molecular complexity index is 1310. The molecule has 1 amide bonds. The lowest BCUT2D eigenvalue weighted by Gasteiger charge is -2.39. The molecule has 5 nitrogen and oxygen atoms in total. The van der Waals surface area contributed by atoms with Gasteiger partial charge in [0.05, 0.1) is 6.42 Å². The number of carboxylic acids is 1. The standard InChI is InChI=1S/C34H39NO4/c1-33(2,3)26-9-4-23(5-10-26)22-39-30-16-14-28(15-17-30)34(21-24-6-11-29(34)20-24)27-12-7-25(8-13-27)32(38)35-19-18-31(36)37/h4-5,7-10,12-17,24,29H,6,11,18-22H2,1-3H3,(H,35,38)(H,36,37). The molecule has 0 spiro atoms. The van der Waals surface area contributed by atoms with E-state index >= 15 is 0 Å². The highest BCUT2D eigenvalue weighted by Gasteiger charge is 2.52. The molecule has 0 aliphatic heterocycles. The molecule has 2 saturated carbocycles. The highest BCUT2D eigenvalue weighted by molar-refractivity contribution is 5.94. The average Bonchev–Trinajstić information content (AvgIpc) is 3.54. The Balaban J connectivity index is 1.31. The molecular formula is C34H39NO4. The minimum atomic E-state index is -0.921. The molecule has 3 unspecified atom stereocenters. The summed E-state index contributed by atoms with van der Waals surface area (Å²) in [5.74, 6) is 1.03. The second-order valence-electron chi connectivity index (χ2n) is 12.3. The number of nitrogens with one attached hydrogen (secondary N) is 1. The predicted molar refractivity (Wildman–Crippen MR) is 153 cm³/mol. The van der Waals surface area contributed by atoms with E-state index in [1.54, 1.807) is 0 Å². The van der Waals surface area contributed by atoms with Crippen LogP contribution in [-0.2, 0) is 22.2 Å². The highest BCUT2D eigenvalue weighted by atomic mass is 16.5. The Kier molecular flexibility index (Phi) is 7.53. The number of rotatable bonds is 9. The van der Waals surface area contributed by atoms with Crippen molar-refractivity contribution in [1.82, 2.24) is 5.32 Å². The molecule has 204 valence electrons. The molecule has 3 aromatic carbocycles. The summed E-state index contributed by atoms with van der Waals surface area (Å²) in [6, 6.07) is 25.3. The van der Waals surface area contributed by atoms with Gasteiger partial charge in [0.1, 0.15) is 12.4 Å². The molecule has 0 heterocycles. The highest BCUT2D eigenvalue weighted by Crippen LogP contribution is 2.60. The van der Waals surface area contributed by atoms with Crippen LogP contribution in [0.2, 0.25) is 0 Å². The zero-order valence-electron chi connectivity index (χ0n) is 23.2. The molecule has 2 fully saturated rings. The van der Waals surface area contributed by atoms with Gasteiger partial charge in [-0.05, 0) is 83.0 Å². The molecule has 2 aliphatic carbocycles. The van der Waals surface area contributed by atoms with Crippen molar-refractivity contribution >= 4 is 11.9 Å². The smallest absolute Gasteiger partial charge is 0.305 e. The summed E-state index contributed by atoms with van der Waals surface area (Å²) >= 11 is 0. The van der Waals surface area contributed by atoms with Gasteiger partial charge in [0.15, 0.2) is 0 Å². The number of aliphatic carboxylic acids is 1. The molecule has 3 aromatic rings. The number of carbonyl (C=O) groups excluding carboxylic acids is 1. The van der Waals surface area contributed by atoms with Crippen molar-refractivity contribution in [2.45, 2.75) is 70.3 Å². The number of benzene rings is 3. The Morgan fingerprint density at radius 2 is 1.56 bits per heavy atom. The minimum absolute atomic E-state index is 0.0530. The molecule has 39 heavy (non-hydrogen) atoms. The summed E-state index contributed by atoms with van der Waals surface area (Å²) < 4.78 is 6.14. The van der Waals surface area contributed by atoms with Crippen molar-refractivity contribution in [3.05, 3.63) is 101 Å². The first kappa shape index (κ1) is 27.0. The number of carboxylic acid groups (broad SMARTS) is 1. The molecule has 0 radical (unpaired) electrons. The predicted octanol–water partition coefficient (Wildman–Crippen LogP) is 6.87. The largest absolute Gasteiger partial charge is 0.489 e. The van der Waals surface area contributed by atoms with Crippen molar-refractivity contribution in [2.24, 2.45) is 11.8 Å². The first-order valence-corrected chi connectivity index (χ1v) is 14.1. The van der Waals surface area contributed by atoms with Crippen LogP contribution in [0.4, 0.5) is 0 Å². The zero-order chi connectivity index (χ0) is 27.6. The second-order valence-corrected chi connectivity index (χ2v) is 12.3. The average molecular weight is 526 g/mol. The summed E-state index contributed by atoms with van der Waals surface area (Å²) in [5, 5.41) is 11.5. The van der Waals surface area contributed by atoms with Crippen molar-refractivity contribution in [2.75, 3.05) is 6.54 Å². The van der Waals surface area contributed by atoms with Crippen molar-refractivity contribution < 1.29 is 19.4 Å². The van der Waals surface area contributed by atoms with Crippen LogP contribution in [0.1, 0.15) is 85.5 Å². The van der Waals surface area contributed by atoms with Gasteiger partial charge in [-0.25, -0.2) is 0 Å². The van der Waals surface area contributed by atoms with E-state index in [1.807, 2.05) is 12.1 Å². The first-order valence-electron chi connectivity index (χ1n) is 14.1. The third kappa shape index (κ3) is 5.73. The van der Waals surface area contributed by atoms with Gasteiger partial charge in [0.25, 0.3) is 5.91 Å². The molecule has 2 N–H and O–H groups in total. The molecule has 5 heteroatoms. The van der Waals surface area contributed by atoms with Gasteiger partial charge >= 0.3 is 5.97 Å². The van der Waals surface area contributed by atoms with E-state index in [-0.39, 0.29) is 29.7 Å². The van der Waals surface area contributed by atoms with Gasteiger partial charge in [-0.2, -0.15) is 0 Å². The zero-order valence-corrected chi connectivity index (χ0v) is 23.2. The Morgan fingerprint density at radius 3 is 2.10 bits per heavy atom. The number of amides is 1. The summed E-state index contributed by atoms with van der Waals surface area (Å²) in [7, 11) is 0. The van der Waals surface area contributed by atoms with Crippen LogP contribution in [0, 0.1) is 11.8 Å². The quantitative estimate of drug-likeness (QED) is 0.320. The lowest BCUT2D eigenvalue weighted by molar-refractivity contribution is -0.136. The van der Waals surface area contributed by atoms with E-state index in [4.69, 9.17) is 9.84 Å². The maximum atomic E-state index is 12.5. The van der Waals surface area contributed by atoms with Gasteiger partial charge in [-0.1, -0.05) is 75.7 Å². The van der Waals surface area contributed by atoms with Crippen LogP contribution >= 0.6 is 0 Å². The lowest BCUT2D eigenvalue weighted by Crippen LogP contribution is -2.34. The van der Waals surface area contributed by atoms with Crippen molar-refractivity contribution in [3.63, 3.8) is 0 Å². The maximum Gasteiger partial charge on any atom is 0.305 e. The number of fused-ring (bicyclic) bond motifs is 2. The van der Waals surface area contributed by atoms with Crippen molar-refractivity contribution in [3.8, 4) is 5.75 Å². The van der Waals surface area contributed by atoms with Gasteiger partial charge in [0, 0.05) is 17.5 Å². The van der Waals surface area contributed by atoms with Gasteiger partial charge in [-0.15, -0.1) is 0 Å². The third-order valence-corrected chi connectivity index (χ3v) is 8.73. The van der Waals surface area contributed by atoms with Crippen LogP contribution in [-0.4, -0.2) is 23.5 Å². The topological polar surface area (TPSA) is 75.6 Å². The molecule has 2 aliphatic rings. The Morgan fingerprint density at radius 1 is 0.923 bits per heavy atom. The molecule has 3 atom stereocenters. The number of hydrogen-bond donors (Lipinski definition) is 2. The second kappa shape index (κ2) is 10.9. The fourth-order valence-corrected chi connectivity index (χ4v) is 6.62. The minimum Gasteiger partial charge on any atom is -0.489 e. The van der Waals surface area contributed by atoms with E-state index in [1.165, 1.54) is 36.0 Å². The van der Waals surface area contributed by atoms with Crippen LogP contribution in [0.5, 0.6) is 5.75 Å². The normalized spacial score (nSPS) is 22.0. The van der Waals surface area contributed by atoms with Crippen LogP contribution in [0.15, 0.2) is 72.8 Å². The maximum absolute atomic E-state index is 12.5.